The molecular formula is C16H15F2N5O2. The smallest absolute Gasteiger partial charge is 0.394 e. The molecule has 0 spiro atoms. The minimum atomic E-state index is -3.27. The molecule has 0 aliphatic rings. The third kappa shape index (κ3) is 3.26. The number of nitrogens with zero attached hydrogens (tertiary/aromatic N) is 3. The Kier molecular flexibility index (Phi) is 4.09. The summed E-state index contributed by atoms with van der Waals surface area (Å²) in [5.74, 6) is -0.604. The van der Waals surface area contributed by atoms with Gasteiger partial charge in [0.05, 0.1) is 22.3 Å². The van der Waals surface area contributed by atoms with E-state index in [4.69, 9.17) is 11.5 Å². The summed E-state index contributed by atoms with van der Waals surface area (Å²) in [6.45, 7) is 0.740. The Hall–Kier alpha value is -3.07. The number of carbonyl (C=O) groups is 1. The SMILES string of the molecule is CC(F)(F)Oc1ccc(-n2nc(CN)c3c(C(N)=O)ccnc32)cc1. The van der Waals surface area contributed by atoms with E-state index >= 15 is 0 Å². The van der Waals surface area contributed by atoms with Crippen molar-refractivity contribution in [3.05, 3.63) is 47.8 Å². The number of hydrogen-bond acceptors (Lipinski definition) is 5. The standard InChI is InChI=1S/C16H15F2N5O2/c1-16(17,18)25-10-4-2-9(3-5-10)23-15-13(12(8-19)22-23)11(14(20)24)6-7-21-15/h2-7H,8,19H2,1H3,(H2,20,24). The summed E-state index contributed by atoms with van der Waals surface area (Å²) in [4.78, 5) is 15.9. The van der Waals surface area contributed by atoms with Gasteiger partial charge in [0, 0.05) is 19.7 Å². The zero-order chi connectivity index (χ0) is 18.2. The Labute approximate surface area is 141 Å². The molecule has 0 atom stereocenters. The number of benzene rings is 1. The van der Waals surface area contributed by atoms with Gasteiger partial charge in [-0.3, -0.25) is 4.79 Å². The van der Waals surface area contributed by atoms with Gasteiger partial charge in [-0.05, 0) is 30.3 Å². The van der Waals surface area contributed by atoms with Gasteiger partial charge in [0.1, 0.15) is 5.75 Å². The second kappa shape index (κ2) is 6.10. The van der Waals surface area contributed by atoms with Gasteiger partial charge in [0.15, 0.2) is 5.65 Å². The molecule has 1 amide bonds. The molecular weight excluding hydrogens is 332 g/mol. The molecule has 0 saturated carbocycles. The topological polar surface area (TPSA) is 109 Å². The Morgan fingerprint density at radius 1 is 1.28 bits per heavy atom. The molecule has 1 aromatic carbocycles. The first-order chi connectivity index (χ1) is 11.8. The van der Waals surface area contributed by atoms with Crippen LogP contribution in [0.25, 0.3) is 16.7 Å². The normalized spacial score (nSPS) is 11.7. The van der Waals surface area contributed by atoms with E-state index in [-0.39, 0.29) is 17.9 Å². The molecule has 3 rings (SSSR count). The number of fused-ring (bicyclic) bond motifs is 1. The highest BCUT2D eigenvalue weighted by Gasteiger charge is 2.23. The van der Waals surface area contributed by atoms with Crippen LogP contribution in [0, 0.1) is 0 Å². The second-order valence-electron chi connectivity index (χ2n) is 5.39. The van der Waals surface area contributed by atoms with Gasteiger partial charge in [0.25, 0.3) is 0 Å². The molecule has 4 N–H and O–H groups in total. The summed E-state index contributed by atoms with van der Waals surface area (Å²) in [6.07, 6.45) is -1.83. The zero-order valence-corrected chi connectivity index (χ0v) is 13.2. The maximum atomic E-state index is 12.9. The van der Waals surface area contributed by atoms with Crippen molar-refractivity contribution in [1.82, 2.24) is 14.8 Å². The van der Waals surface area contributed by atoms with Gasteiger partial charge in [-0.1, -0.05) is 0 Å². The van der Waals surface area contributed by atoms with Crippen LogP contribution in [-0.2, 0) is 6.54 Å². The van der Waals surface area contributed by atoms with E-state index in [9.17, 15) is 13.6 Å². The fourth-order valence-electron chi connectivity index (χ4n) is 2.50. The maximum absolute atomic E-state index is 12.9. The van der Waals surface area contributed by atoms with Crippen molar-refractivity contribution in [2.45, 2.75) is 19.6 Å². The lowest BCUT2D eigenvalue weighted by Gasteiger charge is -2.13. The summed E-state index contributed by atoms with van der Waals surface area (Å²) in [5, 5.41) is 4.83. The van der Waals surface area contributed by atoms with Gasteiger partial charge in [-0.25, -0.2) is 9.67 Å². The maximum Gasteiger partial charge on any atom is 0.394 e. The minimum Gasteiger partial charge on any atom is -0.433 e. The molecule has 7 nitrogen and oxygen atoms in total. The van der Waals surface area contributed by atoms with Crippen molar-refractivity contribution in [1.29, 1.82) is 0 Å². The van der Waals surface area contributed by atoms with Crippen LogP contribution in [0.1, 0.15) is 23.0 Å². The summed E-state index contributed by atoms with van der Waals surface area (Å²) in [5.41, 5.74) is 12.8. The number of halogens is 2. The number of alkyl halides is 2. The third-order valence-corrected chi connectivity index (χ3v) is 3.48. The van der Waals surface area contributed by atoms with Crippen molar-refractivity contribution >= 4 is 16.9 Å². The first-order valence-corrected chi connectivity index (χ1v) is 7.34. The van der Waals surface area contributed by atoms with Crippen LogP contribution in [0.15, 0.2) is 36.5 Å². The Morgan fingerprint density at radius 2 is 1.96 bits per heavy atom. The molecule has 0 aliphatic carbocycles. The molecule has 2 aromatic heterocycles. The lowest BCUT2D eigenvalue weighted by Crippen LogP contribution is -2.19. The fourth-order valence-corrected chi connectivity index (χ4v) is 2.50. The molecule has 0 bridgehead atoms. The summed E-state index contributed by atoms with van der Waals surface area (Å²) < 4.78 is 31.8. The van der Waals surface area contributed by atoms with Crippen LogP contribution >= 0.6 is 0 Å². The van der Waals surface area contributed by atoms with Crippen molar-refractivity contribution in [2.75, 3.05) is 0 Å². The number of ether oxygens (including phenoxy) is 1. The number of carbonyl (C=O) groups excluding carboxylic acids is 1. The number of aromatic nitrogens is 3. The van der Waals surface area contributed by atoms with Gasteiger partial charge in [-0.15, -0.1) is 0 Å². The average molecular weight is 347 g/mol. The predicted molar refractivity (Wildman–Crippen MR) is 86.5 cm³/mol. The van der Waals surface area contributed by atoms with E-state index in [1.807, 2.05) is 0 Å². The van der Waals surface area contributed by atoms with E-state index < -0.39 is 12.0 Å². The highest BCUT2D eigenvalue weighted by atomic mass is 19.3. The molecule has 130 valence electrons. The van der Waals surface area contributed by atoms with E-state index in [1.54, 1.807) is 12.1 Å². The minimum absolute atomic E-state index is 0.0116. The van der Waals surface area contributed by atoms with Crippen LogP contribution in [0.3, 0.4) is 0 Å². The molecule has 0 saturated heterocycles. The first kappa shape index (κ1) is 16.8. The highest BCUT2D eigenvalue weighted by Crippen LogP contribution is 2.26. The predicted octanol–water partition coefficient (Wildman–Crippen LogP) is 1.97. The van der Waals surface area contributed by atoms with Crippen LogP contribution in [0.2, 0.25) is 0 Å². The summed E-state index contributed by atoms with van der Waals surface area (Å²) in [7, 11) is 0. The quantitative estimate of drug-likeness (QED) is 0.733. The van der Waals surface area contributed by atoms with Crippen LogP contribution in [0.5, 0.6) is 5.75 Å². The fraction of sp³-hybridized carbons (Fsp3) is 0.188. The van der Waals surface area contributed by atoms with Crippen LogP contribution < -0.4 is 16.2 Å². The van der Waals surface area contributed by atoms with Crippen molar-refractivity contribution in [3.63, 3.8) is 0 Å². The molecule has 25 heavy (non-hydrogen) atoms. The number of hydrogen-bond donors (Lipinski definition) is 2. The van der Waals surface area contributed by atoms with E-state index in [0.29, 0.717) is 29.3 Å². The lowest BCUT2D eigenvalue weighted by atomic mass is 10.1. The largest absolute Gasteiger partial charge is 0.433 e. The monoisotopic (exact) mass is 347 g/mol. The zero-order valence-electron chi connectivity index (χ0n) is 13.2. The number of pyridine rings is 1. The summed E-state index contributed by atoms with van der Waals surface area (Å²) >= 11 is 0. The van der Waals surface area contributed by atoms with E-state index in [2.05, 4.69) is 14.8 Å². The Balaban J connectivity index is 2.10. The van der Waals surface area contributed by atoms with Crippen LogP contribution in [0.4, 0.5) is 8.78 Å². The van der Waals surface area contributed by atoms with Gasteiger partial charge >= 0.3 is 6.11 Å². The molecule has 0 aliphatic heterocycles. The number of primary amides is 1. The lowest BCUT2D eigenvalue weighted by molar-refractivity contribution is -0.158. The first-order valence-electron chi connectivity index (χ1n) is 7.34. The molecule has 2 heterocycles. The molecule has 0 radical (unpaired) electrons. The number of nitrogens with two attached hydrogens (primary N) is 2. The molecule has 3 aromatic rings. The van der Waals surface area contributed by atoms with Gasteiger partial charge < -0.3 is 16.2 Å². The van der Waals surface area contributed by atoms with Gasteiger partial charge in [0.2, 0.25) is 5.91 Å². The van der Waals surface area contributed by atoms with E-state index in [0.717, 1.165) is 0 Å². The van der Waals surface area contributed by atoms with Crippen molar-refractivity contribution in [2.24, 2.45) is 11.5 Å². The Bertz CT molecular complexity index is 932. The number of rotatable bonds is 5. The van der Waals surface area contributed by atoms with Crippen molar-refractivity contribution in [3.8, 4) is 11.4 Å². The number of amides is 1. The molecule has 9 heteroatoms. The molecule has 0 fully saturated rings. The van der Waals surface area contributed by atoms with Gasteiger partial charge in [-0.2, -0.15) is 13.9 Å². The van der Waals surface area contributed by atoms with E-state index in [1.165, 1.54) is 29.1 Å². The Morgan fingerprint density at radius 3 is 2.52 bits per heavy atom. The third-order valence-electron chi connectivity index (χ3n) is 3.48. The second-order valence-corrected chi connectivity index (χ2v) is 5.39. The molecule has 0 unspecified atom stereocenters. The van der Waals surface area contributed by atoms with Crippen molar-refractivity contribution < 1.29 is 18.3 Å². The average Bonchev–Trinajstić information content (AvgIpc) is 2.93. The highest BCUT2D eigenvalue weighted by molar-refractivity contribution is 6.05. The summed E-state index contributed by atoms with van der Waals surface area (Å²) in [6, 6.07) is 7.37. The van der Waals surface area contributed by atoms with Crippen LogP contribution in [-0.4, -0.2) is 26.8 Å².